The lowest BCUT2D eigenvalue weighted by atomic mass is 10.1. The molecule has 15 heavy (non-hydrogen) atoms. The van der Waals surface area contributed by atoms with Crippen molar-refractivity contribution in [3.8, 4) is 0 Å². The van der Waals surface area contributed by atoms with Crippen LogP contribution in [0.4, 0.5) is 4.39 Å². The highest BCUT2D eigenvalue weighted by Crippen LogP contribution is 2.24. The molecule has 0 saturated carbocycles. The van der Waals surface area contributed by atoms with Crippen LogP contribution in [-0.2, 0) is 0 Å². The lowest BCUT2D eigenvalue weighted by Crippen LogP contribution is -2.39. The van der Waals surface area contributed by atoms with E-state index in [1.165, 1.54) is 0 Å². The normalized spacial score (nSPS) is 26.1. The van der Waals surface area contributed by atoms with Gasteiger partial charge in [0.1, 0.15) is 6.17 Å². The Morgan fingerprint density at radius 3 is 2.93 bits per heavy atom. The SMILES string of the molecule is Cc1c(I)cnn1[C@H]1CCNC[C@@H]1F.Cl. The zero-order valence-electron chi connectivity index (χ0n) is 8.41. The minimum absolute atomic E-state index is 0. The minimum Gasteiger partial charge on any atom is -0.314 e. The molecule has 6 heteroatoms. The van der Waals surface area contributed by atoms with E-state index in [2.05, 4.69) is 33.0 Å². The van der Waals surface area contributed by atoms with E-state index < -0.39 is 6.17 Å². The summed E-state index contributed by atoms with van der Waals surface area (Å²) in [5.41, 5.74) is 1.07. The summed E-state index contributed by atoms with van der Waals surface area (Å²) in [6.45, 7) is 3.31. The Balaban J connectivity index is 0.00000112. The largest absolute Gasteiger partial charge is 0.314 e. The van der Waals surface area contributed by atoms with Gasteiger partial charge in [0, 0.05) is 12.2 Å². The molecule has 1 fully saturated rings. The van der Waals surface area contributed by atoms with Gasteiger partial charge in [-0.25, -0.2) is 4.39 Å². The molecule has 2 heterocycles. The van der Waals surface area contributed by atoms with Gasteiger partial charge in [0.05, 0.1) is 15.8 Å². The van der Waals surface area contributed by atoms with Crippen LogP contribution in [0.2, 0.25) is 0 Å². The predicted molar refractivity (Wildman–Crippen MR) is 68.3 cm³/mol. The van der Waals surface area contributed by atoms with Crippen LogP contribution in [-0.4, -0.2) is 29.0 Å². The van der Waals surface area contributed by atoms with Crippen LogP contribution in [0.3, 0.4) is 0 Å². The Hall–Kier alpha value is 0.120. The first-order chi connectivity index (χ1) is 6.70. The quantitative estimate of drug-likeness (QED) is 0.790. The minimum atomic E-state index is -0.821. The van der Waals surface area contributed by atoms with Crippen molar-refractivity contribution in [2.24, 2.45) is 0 Å². The van der Waals surface area contributed by atoms with Crippen molar-refractivity contribution in [2.45, 2.75) is 25.6 Å². The number of aromatic nitrogens is 2. The molecule has 2 rings (SSSR count). The van der Waals surface area contributed by atoms with Gasteiger partial charge in [0.25, 0.3) is 0 Å². The van der Waals surface area contributed by atoms with Gasteiger partial charge >= 0.3 is 0 Å². The lowest BCUT2D eigenvalue weighted by molar-refractivity contribution is 0.171. The molecule has 1 N–H and O–H groups in total. The predicted octanol–water partition coefficient (Wildman–Crippen LogP) is 2.09. The second-order valence-corrected chi connectivity index (χ2v) is 4.76. The first-order valence-corrected chi connectivity index (χ1v) is 5.82. The van der Waals surface area contributed by atoms with Gasteiger partial charge in [-0.3, -0.25) is 4.68 Å². The molecule has 0 aromatic carbocycles. The first kappa shape index (κ1) is 13.2. The number of piperidine rings is 1. The van der Waals surface area contributed by atoms with Crippen LogP contribution in [0.15, 0.2) is 6.20 Å². The molecule has 86 valence electrons. The summed E-state index contributed by atoms with van der Waals surface area (Å²) < 4.78 is 16.5. The third kappa shape index (κ3) is 2.62. The van der Waals surface area contributed by atoms with Crippen LogP contribution in [0, 0.1) is 10.5 Å². The van der Waals surface area contributed by atoms with Crippen molar-refractivity contribution in [1.29, 1.82) is 0 Å². The van der Waals surface area contributed by atoms with E-state index >= 15 is 0 Å². The maximum Gasteiger partial charge on any atom is 0.135 e. The monoisotopic (exact) mass is 345 g/mol. The molecule has 0 aliphatic carbocycles. The number of hydrogen-bond donors (Lipinski definition) is 1. The second-order valence-electron chi connectivity index (χ2n) is 3.60. The zero-order chi connectivity index (χ0) is 10.1. The highest BCUT2D eigenvalue weighted by molar-refractivity contribution is 14.1. The summed E-state index contributed by atoms with van der Waals surface area (Å²) in [7, 11) is 0. The molecule has 0 amide bonds. The maximum atomic E-state index is 13.6. The summed E-state index contributed by atoms with van der Waals surface area (Å²) in [5.74, 6) is 0. The number of hydrogen-bond acceptors (Lipinski definition) is 2. The van der Waals surface area contributed by atoms with E-state index in [-0.39, 0.29) is 18.4 Å². The molecule has 1 aliphatic rings. The van der Waals surface area contributed by atoms with Gasteiger partial charge in [-0.1, -0.05) is 0 Å². The summed E-state index contributed by atoms with van der Waals surface area (Å²) in [4.78, 5) is 0. The highest BCUT2D eigenvalue weighted by atomic mass is 127. The van der Waals surface area contributed by atoms with Crippen molar-refractivity contribution in [3.05, 3.63) is 15.5 Å². The average Bonchev–Trinajstić information content (AvgIpc) is 2.49. The number of nitrogens with zero attached hydrogens (tertiary/aromatic N) is 2. The van der Waals surface area contributed by atoms with Crippen LogP contribution < -0.4 is 5.32 Å². The van der Waals surface area contributed by atoms with Gasteiger partial charge in [-0.05, 0) is 42.5 Å². The molecule has 2 atom stereocenters. The summed E-state index contributed by atoms with van der Waals surface area (Å²) in [6, 6.07) is -0.0836. The fourth-order valence-corrected chi connectivity index (χ4v) is 2.19. The third-order valence-corrected chi connectivity index (χ3v) is 3.73. The van der Waals surface area contributed by atoms with Crippen molar-refractivity contribution in [1.82, 2.24) is 15.1 Å². The van der Waals surface area contributed by atoms with Crippen molar-refractivity contribution in [2.75, 3.05) is 13.1 Å². The van der Waals surface area contributed by atoms with Gasteiger partial charge in [-0.2, -0.15) is 5.10 Å². The Morgan fingerprint density at radius 2 is 2.40 bits per heavy atom. The zero-order valence-corrected chi connectivity index (χ0v) is 11.4. The fourth-order valence-electron chi connectivity index (χ4n) is 1.82. The summed E-state index contributed by atoms with van der Waals surface area (Å²) in [6.07, 6.45) is 1.79. The highest BCUT2D eigenvalue weighted by Gasteiger charge is 2.27. The van der Waals surface area contributed by atoms with E-state index in [0.29, 0.717) is 6.54 Å². The number of nitrogens with one attached hydrogen (secondary N) is 1. The van der Waals surface area contributed by atoms with Crippen LogP contribution in [0.1, 0.15) is 18.2 Å². The van der Waals surface area contributed by atoms with Gasteiger partial charge < -0.3 is 5.32 Å². The Kier molecular flexibility index (Phi) is 4.79. The molecule has 1 saturated heterocycles. The van der Waals surface area contributed by atoms with Gasteiger partial charge in [-0.15, -0.1) is 12.4 Å². The summed E-state index contributed by atoms with van der Waals surface area (Å²) in [5, 5.41) is 7.27. The smallest absolute Gasteiger partial charge is 0.135 e. The standard InChI is InChI=1S/C9H13FIN3.ClH/c1-6-8(11)5-13-14(6)9-2-3-12-4-7(9)10;/h5,7,9,12H,2-4H2,1H3;1H/t7-,9-;/m0./s1. The topological polar surface area (TPSA) is 29.9 Å². The van der Waals surface area contributed by atoms with Crippen molar-refractivity contribution >= 4 is 35.0 Å². The number of alkyl halides is 1. The number of rotatable bonds is 1. The van der Waals surface area contributed by atoms with E-state index in [0.717, 1.165) is 22.2 Å². The second kappa shape index (κ2) is 5.45. The maximum absolute atomic E-state index is 13.6. The van der Waals surface area contributed by atoms with E-state index in [4.69, 9.17) is 0 Å². The fraction of sp³-hybridized carbons (Fsp3) is 0.667. The third-order valence-electron chi connectivity index (χ3n) is 2.67. The molecule has 1 aromatic rings. The molecule has 0 spiro atoms. The molecule has 1 aliphatic heterocycles. The molecule has 0 unspecified atom stereocenters. The Morgan fingerprint density at radius 1 is 1.67 bits per heavy atom. The van der Waals surface area contributed by atoms with Crippen LogP contribution in [0.25, 0.3) is 0 Å². The van der Waals surface area contributed by atoms with Crippen molar-refractivity contribution in [3.63, 3.8) is 0 Å². The lowest BCUT2D eigenvalue weighted by Gasteiger charge is -2.27. The van der Waals surface area contributed by atoms with E-state index in [9.17, 15) is 4.39 Å². The molecule has 0 radical (unpaired) electrons. The van der Waals surface area contributed by atoms with Crippen LogP contribution >= 0.6 is 35.0 Å². The average molecular weight is 346 g/mol. The summed E-state index contributed by atoms with van der Waals surface area (Å²) >= 11 is 2.23. The van der Waals surface area contributed by atoms with E-state index in [1.807, 2.05) is 11.6 Å². The Labute approximate surface area is 108 Å². The van der Waals surface area contributed by atoms with Crippen molar-refractivity contribution < 1.29 is 4.39 Å². The molecular formula is C9H14ClFIN3. The molecule has 3 nitrogen and oxygen atoms in total. The molecule has 0 bridgehead atoms. The molecule has 1 aromatic heterocycles. The number of halogens is 3. The Bertz CT molecular complexity index is 331. The molecular weight excluding hydrogens is 331 g/mol. The van der Waals surface area contributed by atoms with E-state index in [1.54, 1.807) is 6.20 Å². The van der Waals surface area contributed by atoms with Gasteiger partial charge in [0.2, 0.25) is 0 Å². The van der Waals surface area contributed by atoms with Crippen LogP contribution in [0.5, 0.6) is 0 Å². The van der Waals surface area contributed by atoms with Gasteiger partial charge in [0.15, 0.2) is 0 Å². The first-order valence-electron chi connectivity index (χ1n) is 4.74.